The second-order valence-electron chi connectivity index (χ2n) is 6.55. The first-order valence-corrected chi connectivity index (χ1v) is 9.04. The predicted octanol–water partition coefficient (Wildman–Crippen LogP) is 1.44. The summed E-state index contributed by atoms with van der Waals surface area (Å²) in [6, 6.07) is 6.03. The molecule has 9 nitrogen and oxygen atoms in total. The molecule has 3 heterocycles. The zero-order chi connectivity index (χ0) is 19.2. The lowest BCUT2D eigenvalue weighted by molar-refractivity contribution is 0.298. The summed E-state index contributed by atoms with van der Waals surface area (Å²) in [5, 5.41) is 19.4. The molecule has 0 aliphatic heterocycles. The van der Waals surface area contributed by atoms with Gasteiger partial charge in [-0.1, -0.05) is 6.07 Å². The van der Waals surface area contributed by atoms with Gasteiger partial charge in [0.15, 0.2) is 17.4 Å². The monoisotopic (exact) mass is 497 g/mol. The maximum absolute atomic E-state index is 4.67. The fourth-order valence-electron chi connectivity index (χ4n) is 2.89. The van der Waals surface area contributed by atoms with Crippen molar-refractivity contribution in [1.29, 1.82) is 0 Å². The molecule has 1 unspecified atom stereocenters. The molecule has 10 heteroatoms. The van der Waals surface area contributed by atoms with Gasteiger partial charge >= 0.3 is 0 Å². The second-order valence-corrected chi connectivity index (χ2v) is 6.55. The topological polar surface area (TPSA) is 87.7 Å². The van der Waals surface area contributed by atoms with Gasteiger partial charge in [0.25, 0.3) is 0 Å². The van der Waals surface area contributed by atoms with Gasteiger partial charge in [-0.3, -0.25) is 9.08 Å². The molecule has 0 aliphatic rings. The molecule has 0 amide bonds. The van der Waals surface area contributed by atoms with Crippen molar-refractivity contribution in [2.24, 2.45) is 12.0 Å². The van der Waals surface area contributed by atoms with Crippen molar-refractivity contribution in [3.05, 3.63) is 48.2 Å². The number of hydrogen-bond acceptors (Lipinski definition) is 5. The van der Waals surface area contributed by atoms with E-state index in [2.05, 4.69) is 49.9 Å². The fraction of sp³-hybridized carbons (Fsp3) is 0.444. The normalized spacial score (nSPS) is 12.8. The first-order chi connectivity index (χ1) is 13.1. The highest BCUT2D eigenvalue weighted by Crippen LogP contribution is 2.16. The van der Waals surface area contributed by atoms with Gasteiger partial charge in [0.1, 0.15) is 6.54 Å². The van der Waals surface area contributed by atoms with Crippen molar-refractivity contribution in [2.45, 2.75) is 19.5 Å². The highest BCUT2D eigenvalue weighted by Gasteiger charge is 2.16. The Balaban J connectivity index is 0.00000280. The van der Waals surface area contributed by atoms with Crippen LogP contribution in [0.2, 0.25) is 0 Å². The van der Waals surface area contributed by atoms with E-state index in [4.69, 9.17) is 0 Å². The minimum Gasteiger partial charge on any atom is -0.357 e. The average molecular weight is 497 g/mol. The fourth-order valence-corrected chi connectivity index (χ4v) is 2.89. The summed E-state index contributed by atoms with van der Waals surface area (Å²) < 4.78 is 3.77. The highest BCUT2D eigenvalue weighted by molar-refractivity contribution is 14.0. The molecule has 3 rings (SSSR count). The summed E-state index contributed by atoms with van der Waals surface area (Å²) in [5.41, 5.74) is 1.99. The smallest absolute Gasteiger partial charge is 0.191 e. The third-order valence-electron chi connectivity index (χ3n) is 4.30. The molecule has 0 spiro atoms. The van der Waals surface area contributed by atoms with E-state index in [1.165, 1.54) is 0 Å². The Morgan fingerprint density at radius 3 is 2.75 bits per heavy atom. The number of aryl methyl sites for hydroxylation is 1. The Morgan fingerprint density at radius 1 is 1.25 bits per heavy atom. The van der Waals surface area contributed by atoms with E-state index < -0.39 is 0 Å². The lowest BCUT2D eigenvalue weighted by Crippen LogP contribution is -2.41. The highest BCUT2D eigenvalue weighted by atomic mass is 127. The van der Waals surface area contributed by atoms with E-state index in [-0.39, 0.29) is 30.0 Å². The molecule has 0 fully saturated rings. The van der Waals surface area contributed by atoms with Crippen molar-refractivity contribution in [1.82, 2.24) is 39.9 Å². The maximum atomic E-state index is 4.67. The number of pyridine rings is 1. The minimum atomic E-state index is 0. The molecule has 0 aliphatic carbocycles. The van der Waals surface area contributed by atoms with Crippen LogP contribution in [0.1, 0.15) is 24.4 Å². The number of halogens is 1. The lowest BCUT2D eigenvalue weighted by Gasteiger charge is -2.24. The average Bonchev–Trinajstić information content (AvgIpc) is 3.26. The largest absolute Gasteiger partial charge is 0.357 e. The predicted molar refractivity (Wildman–Crippen MR) is 121 cm³/mol. The van der Waals surface area contributed by atoms with E-state index >= 15 is 0 Å². The van der Waals surface area contributed by atoms with Crippen LogP contribution < -0.4 is 10.6 Å². The molecule has 2 N–H and O–H groups in total. The van der Waals surface area contributed by atoms with Crippen molar-refractivity contribution in [3.8, 4) is 0 Å². The summed E-state index contributed by atoms with van der Waals surface area (Å²) in [4.78, 5) is 6.83. The Bertz CT molecular complexity index is 899. The SMILES string of the molecule is CCNC(=NCc1nnc2ccccn12)NCC(c1cnn(C)c1)N(C)C.I. The van der Waals surface area contributed by atoms with Crippen LogP contribution in [-0.2, 0) is 13.6 Å². The third kappa shape index (κ3) is 5.41. The van der Waals surface area contributed by atoms with Crippen molar-refractivity contribution < 1.29 is 0 Å². The standard InChI is InChI=1S/C18H27N9.HI/c1-5-19-18(20-11-15(25(2)3)14-10-22-26(4)13-14)21-12-17-24-23-16-8-6-7-9-27(16)17;/h6-10,13,15H,5,11-12H2,1-4H3,(H2,19,20,21);1H. The minimum absolute atomic E-state index is 0. The van der Waals surface area contributed by atoms with Crippen LogP contribution >= 0.6 is 24.0 Å². The molecule has 0 radical (unpaired) electrons. The van der Waals surface area contributed by atoms with E-state index in [1.807, 2.05) is 59.8 Å². The van der Waals surface area contributed by atoms with Crippen LogP contribution in [-0.4, -0.2) is 62.4 Å². The summed E-state index contributed by atoms with van der Waals surface area (Å²) in [6.07, 6.45) is 5.89. The molecule has 1 atom stereocenters. The number of fused-ring (bicyclic) bond motifs is 1. The van der Waals surface area contributed by atoms with Gasteiger partial charge in [-0.2, -0.15) is 5.10 Å². The molecule has 0 aromatic carbocycles. The zero-order valence-electron chi connectivity index (χ0n) is 16.7. The summed E-state index contributed by atoms with van der Waals surface area (Å²) in [5.74, 6) is 1.56. The van der Waals surface area contributed by atoms with Crippen LogP contribution in [0.5, 0.6) is 0 Å². The van der Waals surface area contributed by atoms with Crippen LogP contribution in [0.15, 0.2) is 41.8 Å². The lowest BCUT2D eigenvalue weighted by atomic mass is 10.1. The van der Waals surface area contributed by atoms with Crippen LogP contribution in [0.25, 0.3) is 5.65 Å². The Morgan fingerprint density at radius 2 is 2.07 bits per heavy atom. The Labute approximate surface area is 182 Å². The number of nitrogens with one attached hydrogen (secondary N) is 2. The number of hydrogen-bond donors (Lipinski definition) is 2. The molecule has 0 saturated heterocycles. The zero-order valence-corrected chi connectivity index (χ0v) is 19.0. The molecule has 0 bridgehead atoms. The molecule has 0 saturated carbocycles. The van der Waals surface area contributed by atoms with E-state index in [9.17, 15) is 0 Å². The third-order valence-corrected chi connectivity index (χ3v) is 4.30. The number of likely N-dealkylation sites (N-methyl/N-ethyl adjacent to an activating group) is 1. The maximum Gasteiger partial charge on any atom is 0.191 e. The van der Waals surface area contributed by atoms with Gasteiger partial charge in [0.2, 0.25) is 0 Å². The van der Waals surface area contributed by atoms with Crippen molar-refractivity contribution >= 4 is 35.6 Å². The number of aromatic nitrogens is 5. The number of aliphatic imine (C=N–C) groups is 1. The van der Waals surface area contributed by atoms with Gasteiger partial charge in [-0.15, -0.1) is 34.2 Å². The summed E-state index contributed by atoms with van der Waals surface area (Å²) in [6.45, 7) is 3.99. The summed E-state index contributed by atoms with van der Waals surface area (Å²) >= 11 is 0. The van der Waals surface area contributed by atoms with Gasteiger partial charge < -0.3 is 15.5 Å². The molecular formula is C18H28IN9. The van der Waals surface area contributed by atoms with E-state index in [0.717, 1.165) is 29.5 Å². The number of rotatable bonds is 7. The number of nitrogens with zero attached hydrogens (tertiary/aromatic N) is 7. The molecule has 152 valence electrons. The van der Waals surface area contributed by atoms with Crippen molar-refractivity contribution in [2.75, 3.05) is 27.2 Å². The Kier molecular flexibility index (Phi) is 8.18. The quantitative estimate of drug-likeness (QED) is 0.292. The number of guanidine groups is 1. The van der Waals surface area contributed by atoms with Gasteiger partial charge in [0, 0.05) is 38.1 Å². The van der Waals surface area contributed by atoms with Crippen LogP contribution in [0.3, 0.4) is 0 Å². The molecule has 28 heavy (non-hydrogen) atoms. The molecule has 3 aromatic rings. The van der Waals surface area contributed by atoms with Crippen LogP contribution in [0.4, 0.5) is 0 Å². The van der Waals surface area contributed by atoms with E-state index in [0.29, 0.717) is 13.1 Å². The van der Waals surface area contributed by atoms with Gasteiger partial charge in [0.05, 0.1) is 12.2 Å². The summed E-state index contributed by atoms with van der Waals surface area (Å²) in [7, 11) is 6.05. The molecule has 3 aromatic heterocycles. The van der Waals surface area contributed by atoms with Gasteiger partial charge in [-0.05, 0) is 33.2 Å². The van der Waals surface area contributed by atoms with Crippen LogP contribution in [0, 0.1) is 0 Å². The van der Waals surface area contributed by atoms with E-state index in [1.54, 1.807) is 0 Å². The second kappa shape index (κ2) is 10.4. The first kappa shape index (κ1) is 22.1. The van der Waals surface area contributed by atoms with Crippen molar-refractivity contribution in [3.63, 3.8) is 0 Å². The molecular weight excluding hydrogens is 469 g/mol. The Hall–Kier alpha value is -2.21. The van der Waals surface area contributed by atoms with Gasteiger partial charge in [-0.25, -0.2) is 4.99 Å². The first-order valence-electron chi connectivity index (χ1n) is 9.04.